The van der Waals surface area contributed by atoms with Crippen molar-refractivity contribution in [2.45, 2.75) is 6.42 Å². The van der Waals surface area contributed by atoms with E-state index < -0.39 is 0 Å². The molecular formula is C9H11O2PS. The highest BCUT2D eigenvalue weighted by atomic mass is 32.7. The molecule has 0 aliphatic heterocycles. The third-order valence-electron chi connectivity index (χ3n) is 1.46. The molecule has 0 amide bonds. The third kappa shape index (κ3) is 3.79. The topological polar surface area (TPSA) is 26.3 Å². The Morgan fingerprint density at radius 2 is 2.15 bits per heavy atom. The van der Waals surface area contributed by atoms with Crippen LogP contribution in [0.15, 0.2) is 24.3 Å². The zero-order chi connectivity index (χ0) is 9.52. The van der Waals surface area contributed by atoms with Crippen molar-refractivity contribution in [1.29, 1.82) is 0 Å². The predicted octanol–water partition coefficient (Wildman–Crippen LogP) is 2.68. The van der Waals surface area contributed by atoms with Gasteiger partial charge in [0.15, 0.2) is 0 Å². The molecule has 4 heteroatoms. The lowest BCUT2D eigenvalue weighted by Crippen LogP contribution is -1.85. The van der Waals surface area contributed by atoms with E-state index in [0.29, 0.717) is 6.42 Å². The van der Waals surface area contributed by atoms with Gasteiger partial charge in [0.1, 0.15) is 12.0 Å². The van der Waals surface area contributed by atoms with E-state index in [1.165, 1.54) is 11.7 Å². The molecule has 1 unspecified atom stereocenters. The van der Waals surface area contributed by atoms with Crippen LogP contribution in [0.3, 0.4) is 0 Å². The van der Waals surface area contributed by atoms with Gasteiger partial charge in [0.05, 0.1) is 11.7 Å². The number of carbonyl (C=O) groups excluding carboxylic acids is 1. The number of rotatable bonds is 5. The highest BCUT2D eigenvalue weighted by Crippen LogP contribution is 2.28. The molecule has 0 aromatic heterocycles. The van der Waals surface area contributed by atoms with Crippen LogP contribution in [0.5, 0.6) is 5.75 Å². The fourth-order valence-electron chi connectivity index (χ4n) is 0.867. The average Bonchev–Trinajstić information content (AvgIpc) is 2.17. The van der Waals surface area contributed by atoms with Gasteiger partial charge in [0, 0.05) is 6.42 Å². The van der Waals surface area contributed by atoms with Gasteiger partial charge in [-0.05, 0) is 32.1 Å². The second kappa shape index (κ2) is 6.01. The molecular weight excluding hydrogens is 203 g/mol. The van der Waals surface area contributed by atoms with Crippen molar-refractivity contribution in [2.75, 3.05) is 6.66 Å². The molecule has 0 spiro atoms. The lowest BCUT2D eigenvalue weighted by molar-refractivity contribution is -0.107. The van der Waals surface area contributed by atoms with E-state index in [9.17, 15) is 4.79 Å². The van der Waals surface area contributed by atoms with Gasteiger partial charge in [-0.1, -0.05) is 12.1 Å². The number of aldehydes is 1. The Bertz CT molecular complexity index is 261. The van der Waals surface area contributed by atoms with Gasteiger partial charge in [-0.25, -0.2) is 0 Å². The second-order valence-corrected chi connectivity index (χ2v) is 4.85. The Balaban J connectivity index is 2.53. The van der Waals surface area contributed by atoms with E-state index in [2.05, 4.69) is 6.66 Å². The average molecular weight is 214 g/mol. The molecule has 0 radical (unpaired) electrons. The quantitative estimate of drug-likeness (QED) is 0.428. The first-order chi connectivity index (χ1) is 6.36. The van der Waals surface area contributed by atoms with Crippen molar-refractivity contribution in [2.24, 2.45) is 0 Å². The molecule has 0 saturated heterocycles. The molecule has 0 heterocycles. The molecule has 0 aliphatic rings. The van der Waals surface area contributed by atoms with Crippen molar-refractivity contribution in [1.82, 2.24) is 0 Å². The summed E-state index contributed by atoms with van der Waals surface area (Å²) in [5.74, 6) is 0.842. The van der Waals surface area contributed by atoms with Crippen molar-refractivity contribution in [3.63, 3.8) is 0 Å². The molecule has 1 aromatic rings. The van der Waals surface area contributed by atoms with Crippen LogP contribution in [0.2, 0.25) is 0 Å². The zero-order valence-electron chi connectivity index (χ0n) is 7.32. The summed E-state index contributed by atoms with van der Waals surface area (Å²) in [5.41, 5.74) is 1.02. The van der Waals surface area contributed by atoms with E-state index in [1.54, 1.807) is 0 Å². The molecule has 0 aliphatic carbocycles. The third-order valence-corrected chi connectivity index (χ3v) is 2.66. The first-order valence-corrected chi connectivity index (χ1v) is 6.86. The van der Waals surface area contributed by atoms with Crippen LogP contribution in [0.1, 0.15) is 5.56 Å². The molecule has 70 valence electrons. The summed E-state index contributed by atoms with van der Waals surface area (Å²) in [6.07, 6.45) is 1.38. The van der Waals surface area contributed by atoms with E-state index in [-0.39, 0.29) is 0 Å². The lowest BCUT2D eigenvalue weighted by Gasteiger charge is -2.02. The van der Waals surface area contributed by atoms with Crippen LogP contribution in [0.4, 0.5) is 0 Å². The lowest BCUT2D eigenvalue weighted by atomic mass is 10.2. The van der Waals surface area contributed by atoms with Gasteiger partial charge in [-0.15, -0.1) is 0 Å². The first kappa shape index (κ1) is 10.6. The summed E-state index contributed by atoms with van der Waals surface area (Å²) in [7, 11) is 0.719. The molecule has 13 heavy (non-hydrogen) atoms. The zero-order valence-corrected chi connectivity index (χ0v) is 9.14. The maximum Gasteiger partial charge on any atom is 0.137 e. The van der Waals surface area contributed by atoms with E-state index in [4.69, 9.17) is 4.18 Å². The van der Waals surface area contributed by atoms with E-state index in [1.807, 2.05) is 24.3 Å². The molecule has 1 aromatic carbocycles. The number of benzene rings is 1. The summed E-state index contributed by atoms with van der Waals surface area (Å²) in [5, 5.41) is 0. The minimum Gasteiger partial charge on any atom is -0.422 e. The first-order valence-electron chi connectivity index (χ1n) is 3.89. The van der Waals surface area contributed by atoms with Gasteiger partial charge in [0.2, 0.25) is 0 Å². The Morgan fingerprint density at radius 3 is 2.69 bits per heavy atom. The van der Waals surface area contributed by atoms with Crippen LogP contribution in [-0.4, -0.2) is 13.0 Å². The SMILES string of the molecule is CPSOc1ccc(CC=O)cc1. The van der Waals surface area contributed by atoms with Gasteiger partial charge in [0.25, 0.3) is 0 Å². The molecule has 2 nitrogen and oxygen atoms in total. The Morgan fingerprint density at radius 1 is 1.46 bits per heavy atom. The smallest absolute Gasteiger partial charge is 0.137 e. The van der Waals surface area contributed by atoms with Crippen LogP contribution >= 0.6 is 19.4 Å². The molecule has 1 rings (SSSR count). The maximum absolute atomic E-state index is 10.2. The summed E-state index contributed by atoms with van der Waals surface area (Å²) in [4.78, 5) is 10.2. The number of hydrogen-bond acceptors (Lipinski definition) is 3. The standard InChI is InChI=1S/C9H11O2PS/c1-12-13-11-9-4-2-8(3-5-9)6-7-10/h2-5,7,12H,6H2,1H3. The highest BCUT2D eigenvalue weighted by molar-refractivity contribution is 8.46. The van der Waals surface area contributed by atoms with Crippen molar-refractivity contribution in [3.05, 3.63) is 29.8 Å². The maximum atomic E-state index is 10.2. The minimum absolute atomic E-state index is 0.475. The summed E-state index contributed by atoms with van der Waals surface area (Å²) in [6.45, 7) is 2.06. The number of carbonyl (C=O) groups is 1. The van der Waals surface area contributed by atoms with Gasteiger partial charge in [-0.3, -0.25) is 0 Å². The summed E-state index contributed by atoms with van der Waals surface area (Å²) >= 11 is 1.44. The van der Waals surface area contributed by atoms with Crippen molar-refractivity contribution in [3.8, 4) is 5.75 Å². The number of hydrogen-bond donors (Lipinski definition) is 0. The minimum atomic E-state index is 0.475. The fraction of sp³-hybridized carbons (Fsp3) is 0.222. The van der Waals surface area contributed by atoms with Crippen LogP contribution < -0.4 is 4.18 Å². The van der Waals surface area contributed by atoms with Gasteiger partial charge >= 0.3 is 0 Å². The molecule has 1 atom stereocenters. The highest BCUT2D eigenvalue weighted by Gasteiger charge is 1.94. The molecule has 0 N–H and O–H groups in total. The second-order valence-electron chi connectivity index (χ2n) is 2.39. The molecule has 0 saturated carbocycles. The van der Waals surface area contributed by atoms with E-state index >= 15 is 0 Å². The molecule has 0 bridgehead atoms. The summed E-state index contributed by atoms with van der Waals surface area (Å²) < 4.78 is 5.33. The Kier molecular flexibility index (Phi) is 4.87. The molecule has 0 fully saturated rings. The normalized spacial score (nSPS) is 10.5. The monoisotopic (exact) mass is 214 g/mol. The van der Waals surface area contributed by atoms with Crippen LogP contribution in [-0.2, 0) is 11.2 Å². The predicted molar refractivity (Wildman–Crippen MR) is 58.7 cm³/mol. The van der Waals surface area contributed by atoms with E-state index in [0.717, 1.165) is 25.4 Å². The largest absolute Gasteiger partial charge is 0.422 e. The fourth-order valence-corrected chi connectivity index (χ4v) is 1.70. The van der Waals surface area contributed by atoms with Crippen LogP contribution in [0.25, 0.3) is 0 Å². The Hall–Kier alpha value is -0.530. The summed E-state index contributed by atoms with van der Waals surface area (Å²) in [6, 6.07) is 7.57. The van der Waals surface area contributed by atoms with Crippen molar-refractivity contribution >= 4 is 25.7 Å². The van der Waals surface area contributed by atoms with Gasteiger partial charge < -0.3 is 8.98 Å². The van der Waals surface area contributed by atoms with Crippen LogP contribution in [0, 0.1) is 0 Å². The van der Waals surface area contributed by atoms with Gasteiger partial charge in [-0.2, -0.15) is 0 Å². The van der Waals surface area contributed by atoms with Crippen molar-refractivity contribution < 1.29 is 8.98 Å². The Labute approximate surface area is 83.8 Å².